The average Bonchev–Trinajstić information content (AvgIpc) is 2.49. The lowest BCUT2D eigenvalue weighted by molar-refractivity contribution is 0.310. The first-order valence-corrected chi connectivity index (χ1v) is 6.94. The van der Waals surface area contributed by atoms with Gasteiger partial charge in [-0.25, -0.2) is 0 Å². The molecule has 1 N–H and O–H groups in total. The molecule has 1 aromatic carbocycles. The lowest BCUT2D eigenvalue weighted by Gasteiger charge is -2.25. The highest BCUT2D eigenvalue weighted by molar-refractivity contribution is 5.35. The second kappa shape index (κ2) is 7.04. The molecule has 1 heterocycles. The van der Waals surface area contributed by atoms with Crippen molar-refractivity contribution in [2.75, 3.05) is 33.1 Å². The number of likely N-dealkylation sites (N-methyl/N-ethyl adjacent to an activating group) is 1. The van der Waals surface area contributed by atoms with Crippen LogP contribution < -0.4 is 10.1 Å². The molecule has 1 unspecified atom stereocenters. The average molecular weight is 286 g/mol. The summed E-state index contributed by atoms with van der Waals surface area (Å²) in [4.78, 5) is 2.17. The van der Waals surface area contributed by atoms with Crippen LogP contribution in [-0.4, -0.2) is 42.8 Å². The van der Waals surface area contributed by atoms with Crippen LogP contribution in [0.5, 0.6) is 5.75 Å². The number of anilines is 1. The van der Waals surface area contributed by atoms with Crippen molar-refractivity contribution in [1.82, 2.24) is 15.1 Å². The molecule has 1 aromatic heterocycles. The Morgan fingerprint density at radius 2 is 2.00 bits per heavy atom. The molecule has 0 aliphatic carbocycles. The van der Waals surface area contributed by atoms with Gasteiger partial charge in [0.15, 0.2) is 0 Å². The summed E-state index contributed by atoms with van der Waals surface area (Å²) in [5, 5.41) is 11.5. The molecule has 0 saturated heterocycles. The Bertz CT molecular complexity index is 569. The van der Waals surface area contributed by atoms with Gasteiger partial charge in [0.05, 0.1) is 18.8 Å². The molecule has 0 aliphatic heterocycles. The Morgan fingerprint density at radius 3 is 2.62 bits per heavy atom. The van der Waals surface area contributed by atoms with E-state index in [-0.39, 0.29) is 6.04 Å². The SMILES string of the molecule is COc1cccc(C(CNc2ccc(C)nn2)N(C)C)c1. The van der Waals surface area contributed by atoms with Gasteiger partial charge in [-0.2, -0.15) is 5.10 Å². The fourth-order valence-electron chi connectivity index (χ4n) is 2.14. The van der Waals surface area contributed by atoms with Gasteiger partial charge >= 0.3 is 0 Å². The van der Waals surface area contributed by atoms with E-state index in [9.17, 15) is 0 Å². The molecule has 0 aliphatic rings. The van der Waals surface area contributed by atoms with Crippen LogP contribution in [0.1, 0.15) is 17.3 Å². The van der Waals surface area contributed by atoms with Gasteiger partial charge in [-0.05, 0) is 50.8 Å². The molecule has 21 heavy (non-hydrogen) atoms. The highest BCUT2D eigenvalue weighted by Gasteiger charge is 2.14. The van der Waals surface area contributed by atoms with E-state index in [0.29, 0.717) is 0 Å². The van der Waals surface area contributed by atoms with Crippen molar-refractivity contribution in [3.63, 3.8) is 0 Å². The Hall–Kier alpha value is -2.14. The van der Waals surface area contributed by atoms with Crippen molar-refractivity contribution in [2.24, 2.45) is 0 Å². The lowest BCUT2D eigenvalue weighted by atomic mass is 10.1. The van der Waals surface area contributed by atoms with Crippen molar-refractivity contribution in [3.05, 3.63) is 47.7 Å². The summed E-state index contributed by atoms with van der Waals surface area (Å²) in [5.41, 5.74) is 2.12. The van der Waals surface area contributed by atoms with E-state index < -0.39 is 0 Å². The maximum atomic E-state index is 5.30. The van der Waals surface area contributed by atoms with Crippen molar-refractivity contribution in [1.29, 1.82) is 0 Å². The standard InChI is InChI=1S/C16H22N4O/c1-12-8-9-16(19-18-12)17-11-15(20(2)3)13-6-5-7-14(10-13)21-4/h5-10,15H,11H2,1-4H3,(H,17,19). The minimum atomic E-state index is 0.225. The van der Waals surface area contributed by atoms with Gasteiger partial charge in [0, 0.05) is 6.54 Å². The van der Waals surface area contributed by atoms with E-state index in [1.165, 1.54) is 5.56 Å². The molecule has 0 fully saturated rings. The number of ether oxygens (including phenoxy) is 1. The highest BCUT2D eigenvalue weighted by atomic mass is 16.5. The molecule has 0 saturated carbocycles. The minimum absolute atomic E-state index is 0.225. The molecule has 0 radical (unpaired) electrons. The number of aromatic nitrogens is 2. The number of aryl methyl sites for hydroxylation is 1. The summed E-state index contributed by atoms with van der Waals surface area (Å²) in [7, 11) is 5.81. The monoisotopic (exact) mass is 286 g/mol. The third kappa shape index (κ3) is 4.16. The van der Waals surface area contributed by atoms with Crippen LogP contribution in [0.15, 0.2) is 36.4 Å². The van der Waals surface area contributed by atoms with Crippen LogP contribution in [0.3, 0.4) is 0 Å². The third-order valence-electron chi connectivity index (χ3n) is 3.38. The number of rotatable bonds is 6. The predicted octanol–water partition coefficient (Wildman–Crippen LogP) is 2.51. The minimum Gasteiger partial charge on any atom is -0.497 e. The molecule has 5 nitrogen and oxygen atoms in total. The zero-order valence-electron chi connectivity index (χ0n) is 13.0. The van der Waals surface area contributed by atoms with E-state index >= 15 is 0 Å². The van der Waals surface area contributed by atoms with E-state index in [1.54, 1.807) is 7.11 Å². The molecular formula is C16H22N4O. The molecule has 5 heteroatoms. The number of nitrogens with one attached hydrogen (secondary N) is 1. The van der Waals surface area contributed by atoms with Crippen molar-refractivity contribution in [2.45, 2.75) is 13.0 Å². The highest BCUT2D eigenvalue weighted by Crippen LogP contribution is 2.22. The molecule has 0 spiro atoms. The fraction of sp³-hybridized carbons (Fsp3) is 0.375. The van der Waals surface area contributed by atoms with Gasteiger partial charge < -0.3 is 15.0 Å². The smallest absolute Gasteiger partial charge is 0.148 e. The Kier molecular flexibility index (Phi) is 5.11. The molecule has 2 rings (SSSR count). The van der Waals surface area contributed by atoms with Crippen molar-refractivity contribution >= 4 is 5.82 Å². The summed E-state index contributed by atoms with van der Waals surface area (Å²) >= 11 is 0. The number of hydrogen-bond acceptors (Lipinski definition) is 5. The quantitative estimate of drug-likeness (QED) is 0.884. The van der Waals surface area contributed by atoms with Gasteiger partial charge in [0.2, 0.25) is 0 Å². The summed E-state index contributed by atoms with van der Waals surface area (Å²) < 4.78 is 5.30. The van der Waals surface area contributed by atoms with E-state index in [4.69, 9.17) is 4.74 Å². The van der Waals surface area contributed by atoms with Crippen LogP contribution in [0.2, 0.25) is 0 Å². The fourth-order valence-corrected chi connectivity index (χ4v) is 2.14. The van der Waals surface area contributed by atoms with Crippen LogP contribution >= 0.6 is 0 Å². The number of methoxy groups -OCH3 is 1. The number of benzene rings is 1. The van der Waals surface area contributed by atoms with Gasteiger partial charge in [0.25, 0.3) is 0 Å². The van der Waals surface area contributed by atoms with Crippen molar-refractivity contribution < 1.29 is 4.74 Å². The zero-order chi connectivity index (χ0) is 15.2. The van der Waals surface area contributed by atoms with Gasteiger partial charge in [-0.15, -0.1) is 5.10 Å². The number of hydrogen-bond donors (Lipinski definition) is 1. The van der Waals surface area contributed by atoms with Crippen LogP contribution in [-0.2, 0) is 0 Å². The van der Waals surface area contributed by atoms with Crippen LogP contribution in [0, 0.1) is 6.92 Å². The van der Waals surface area contributed by atoms with E-state index in [2.05, 4.69) is 46.6 Å². The van der Waals surface area contributed by atoms with Crippen molar-refractivity contribution in [3.8, 4) is 5.75 Å². The third-order valence-corrected chi connectivity index (χ3v) is 3.38. The normalized spacial score (nSPS) is 12.2. The summed E-state index contributed by atoms with van der Waals surface area (Å²) in [5.74, 6) is 1.66. The molecule has 0 amide bonds. The van der Waals surface area contributed by atoms with E-state index in [1.807, 2.05) is 31.2 Å². The maximum absolute atomic E-state index is 5.30. The first-order chi connectivity index (χ1) is 10.1. The first kappa shape index (κ1) is 15.3. The second-order valence-electron chi connectivity index (χ2n) is 5.20. The molecule has 0 bridgehead atoms. The van der Waals surface area contributed by atoms with E-state index in [0.717, 1.165) is 23.8 Å². The van der Waals surface area contributed by atoms with Gasteiger partial charge in [-0.1, -0.05) is 12.1 Å². The molecule has 2 aromatic rings. The first-order valence-electron chi connectivity index (χ1n) is 6.94. The summed E-state index contributed by atoms with van der Waals surface area (Å²) in [6.45, 7) is 2.67. The molecule has 1 atom stereocenters. The largest absolute Gasteiger partial charge is 0.497 e. The zero-order valence-corrected chi connectivity index (χ0v) is 13.0. The topological polar surface area (TPSA) is 50.3 Å². The lowest BCUT2D eigenvalue weighted by Crippen LogP contribution is -2.27. The number of nitrogens with zero attached hydrogens (tertiary/aromatic N) is 3. The van der Waals surface area contributed by atoms with Gasteiger partial charge in [-0.3, -0.25) is 0 Å². The Labute approximate surface area is 126 Å². The maximum Gasteiger partial charge on any atom is 0.148 e. The summed E-state index contributed by atoms with van der Waals surface area (Å²) in [6, 6.07) is 12.3. The Balaban J connectivity index is 2.10. The predicted molar refractivity (Wildman–Crippen MR) is 84.7 cm³/mol. The molecular weight excluding hydrogens is 264 g/mol. The van der Waals surface area contributed by atoms with Crippen LogP contribution in [0.4, 0.5) is 5.82 Å². The summed E-state index contributed by atoms with van der Waals surface area (Å²) in [6.07, 6.45) is 0. The molecule has 112 valence electrons. The Morgan fingerprint density at radius 1 is 1.19 bits per heavy atom. The van der Waals surface area contributed by atoms with Gasteiger partial charge in [0.1, 0.15) is 11.6 Å². The van der Waals surface area contributed by atoms with Crippen LogP contribution in [0.25, 0.3) is 0 Å². The second-order valence-corrected chi connectivity index (χ2v) is 5.20.